The van der Waals surface area contributed by atoms with Crippen molar-refractivity contribution in [2.45, 2.75) is 13.0 Å². The van der Waals surface area contributed by atoms with Gasteiger partial charge < -0.3 is 14.5 Å². The molecule has 112 valence electrons. The number of nitrogens with zero attached hydrogens (tertiary/aromatic N) is 1. The molecular weight excluding hydrogens is 280 g/mol. The van der Waals surface area contributed by atoms with Crippen LogP contribution in [0.2, 0.25) is 0 Å². The summed E-state index contributed by atoms with van der Waals surface area (Å²) in [5.41, 5.74) is 3.46. The Morgan fingerprint density at radius 3 is 2.73 bits per heavy atom. The molecule has 0 unspecified atom stereocenters. The van der Waals surface area contributed by atoms with E-state index in [0.29, 0.717) is 13.0 Å². The zero-order chi connectivity index (χ0) is 15.4. The highest BCUT2D eigenvalue weighted by Gasteiger charge is 2.05. The fourth-order valence-electron chi connectivity index (χ4n) is 2.20. The van der Waals surface area contributed by atoms with Crippen LogP contribution in [0, 0.1) is 0 Å². The minimum absolute atomic E-state index is 0.0252. The van der Waals surface area contributed by atoms with E-state index in [1.165, 1.54) is 6.39 Å². The molecule has 0 bridgehead atoms. The van der Waals surface area contributed by atoms with E-state index >= 15 is 0 Å². The Hall–Kier alpha value is -2.82. The zero-order valence-electron chi connectivity index (χ0n) is 12.2. The van der Waals surface area contributed by atoms with Crippen molar-refractivity contribution >= 4 is 17.0 Å². The van der Waals surface area contributed by atoms with E-state index in [9.17, 15) is 4.79 Å². The van der Waals surface area contributed by atoms with Crippen LogP contribution in [0.25, 0.3) is 11.1 Å². The second-order valence-electron chi connectivity index (χ2n) is 4.96. The number of nitrogens with one attached hydrogen (secondary N) is 1. The minimum atomic E-state index is -0.0252. The van der Waals surface area contributed by atoms with Crippen molar-refractivity contribution in [2.24, 2.45) is 0 Å². The summed E-state index contributed by atoms with van der Waals surface area (Å²) in [7, 11) is 1.62. The number of methoxy groups -OCH3 is 1. The van der Waals surface area contributed by atoms with Crippen molar-refractivity contribution in [3.63, 3.8) is 0 Å². The maximum atomic E-state index is 12.0. The van der Waals surface area contributed by atoms with Crippen molar-refractivity contribution in [2.75, 3.05) is 7.11 Å². The third kappa shape index (κ3) is 3.25. The smallest absolute Gasteiger partial charge is 0.224 e. The predicted octanol–water partition coefficient (Wildman–Crippen LogP) is 2.70. The lowest BCUT2D eigenvalue weighted by atomic mass is 10.1. The van der Waals surface area contributed by atoms with Crippen molar-refractivity contribution in [1.29, 1.82) is 0 Å². The molecule has 1 N–H and O–H groups in total. The van der Waals surface area contributed by atoms with Gasteiger partial charge in [0.05, 0.1) is 13.5 Å². The summed E-state index contributed by atoms with van der Waals surface area (Å²) in [6, 6.07) is 13.2. The Balaban J connectivity index is 1.56. The first kappa shape index (κ1) is 14.1. The van der Waals surface area contributed by atoms with Crippen LogP contribution in [-0.4, -0.2) is 18.0 Å². The molecule has 1 amide bonds. The third-order valence-electron chi connectivity index (χ3n) is 3.41. The first-order valence-corrected chi connectivity index (χ1v) is 6.96. The molecule has 1 aromatic heterocycles. The van der Waals surface area contributed by atoms with Gasteiger partial charge in [0, 0.05) is 6.54 Å². The maximum absolute atomic E-state index is 12.0. The van der Waals surface area contributed by atoms with Crippen LogP contribution >= 0.6 is 0 Å². The molecule has 0 aliphatic rings. The van der Waals surface area contributed by atoms with E-state index < -0.39 is 0 Å². The molecule has 5 nitrogen and oxygen atoms in total. The number of benzene rings is 2. The number of amides is 1. The molecular formula is C17H16N2O3. The number of carbonyl (C=O) groups is 1. The van der Waals surface area contributed by atoms with E-state index in [0.717, 1.165) is 28.0 Å². The third-order valence-corrected chi connectivity index (χ3v) is 3.41. The number of ether oxygens (including phenoxy) is 1. The topological polar surface area (TPSA) is 64.4 Å². The normalized spacial score (nSPS) is 10.6. The number of hydrogen-bond donors (Lipinski definition) is 1. The largest absolute Gasteiger partial charge is 0.497 e. The molecule has 0 saturated heterocycles. The second-order valence-corrected chi connectivity index (χ2v) is 4.96. The lowest BCUT2D eigenvalue weighted by Gasteiger charge is -2.06. The lowest BCUT2D eigenvalue weighted by molar-refractivity contribution is -0.120. The molecule has 1 heterocycles. The predicted molar refractivity (Wildman–Crippen MR) is 82.6 cm³/mol. The van der Waals surface area contributed by atoms with Crippen LogP contribution in [0.15, 0.2) is 53.3 Å². The van der Waals surface area contributed by atoms with E-state index in [2.05, 4.69) is 10.3 Å². The van der Waals surface area contributed by atoms with Crippen LogP contribution in [0.3, 0.4) is 0 Å². The van der Waals surface area contributed by atoms with Gasteiger partial charge in [-0.2, -0.15) is 0 Å². The van der Waals surface area contributed by atoms with Gasteiger partial charge in [0.25, 0.3) is 0 Å². The molecule has 0 radical (unpaired) electrons. The number of carbonyl (C=O) groups excluding carboxylic acids is 1. The van der Waals surface area contributed by atoms with E-state index in [-0.39, 0.29) is 5.91 Å². The van der Waals surface area contributed by atoms with Gasteiger partial charge in [-0.3, -0.25) is 4.79 Å². The van der Waals surface area contributed by atoms with Crippen LogP contribution in [0.4, 0.5) is 0 Å². The number of fused-ring (bicyclic) bond motifs is 1. The van der Waals surface area contributed by atoms with Crippen molar-refractivity contribution in [3.05, 3.63) is 60.0 Å². The monoisotopic (exact) mass is 296 g/mol. The number of aromatic nitrogens is 1. The van der Waals surface area contributed by atoms with Gasteiger partial charge in [-0.05, 0) is 35.4 Å². The molecule has 0 aliphatic carbocycles. The summed E-state index contributed by atoms with van der Waals surface area (Å²) in [5, 5.41) is 2.90. The van der Waals surface area contributed by atoms with Crippen molar-refractivity contribution in [1.82, 2.24) is 10.3 Å². The van der Waals surface area contributed by atoms with Gasteiger partial charge >= 0.3 is 0 Å². The number of oxazole rings is 1. The SMILES string of the molecule is COc1ccc(CC(=O)NCc2ccc3ncoc3c2)cc1. The summed E-state index contributed by atoms with van der Waals surface area (Å²) < 4.78 is 10.3. The summed E-state index contributed by atoms with van der Waals surface area (Å²) >= 11 is 0. The zero-order valence-corrected chi connectivity index (χ0v) is 12.2. The van der Waals surface area contributed by atoms with Crippen LogP contribution < -0.4 is 10.1 Å². The summed E-state index contributed by atoms with van der Waals surface area (Å²) in [4.78, 5) is 16.0. The molecule has 3 rings (SSSR count). The highest BCUT2D eigenvalue weighted by Crippen LogP contribution is 2.14. The molecule has 0 aliphatic heterocycles. The van der Waals surface area contributed by atoms with Gasteiger partial charge in [0.15, 0.2) is 12.0 Å². The molecule has 0 atom stereocenters. The molecule has 3 aromatic rings. The van der Waals surface area contributed by atoms with Gasteiger partial charge in [-0.25, -0.2) is 4.98 Å². The Bertz CT molecular complexity index is 778. The van der Waals surface area contributed by atoms with E-state index in [1.807, 2.05) is 42.5 Å². The van der Waals surface area contributed by atoms with Gasteiger partial charge in [0.2, 0.25) is 5.91 Å². The highest BCUT2D eigenvalue weighted by molar-refractivity contribution is 5.79. The average Bonchev–Trinajstić information content (AvgIpc) is 3.01. The minimum Gasteiger partial charge on any atom is -0.497 e. The molecule has 2 aromatic carbocycles. The van der Waals surface area contributed by atoms with Crippen LogP contribution in [-0.2, 0) is 17.8 Å². The number of hydrogen-bond acceptors (Lipinski definition) is 4. The average molecular weight is 296 g/mol. The molecule has 5 heteroatoms. The summed E-state index contributed by atoms with van der Waals surface area (Å²) in [6.07, 6.45) is 1.76. The lowest BCUT2D eigenvalue weighted by Crippen LogP contribution is -2.24. The van der Waals surface area contributed by atoms with Crippen LogP contribution in [0.1, 0.15) is 11.1 Å². The fraction of sp³-hybridized carbons (Fsp3) is 0.176. The fourth-order valence-corrected chi connectivity index (χ4v) is 2.20. The Morgan fingerprint density at radius 1 is 1.18 bits per heavy atom. The Labute approximate surface area is 127 Å². The van der Waals surface area contributed by atoms with Crippen LogP contribution in [0.5, 0.6) is 5.75 Å². The van der Waals surface area contributed by atoms with Gasteiger partial charge in [0.1, 0.15) is 11.3 Å². The van der Waals surface area contributed by atoms with Gasteiger partial charge in [-0.15, -0.1) is 0 Å². The second kappa shape index (κ2) is 6.30. The molecule has 0 spiro atoms. The summed E-state index contributed by atoms with van der Waals surface area (Å²) in [6.45, 7) is 0.464. The standard InChI is InChI=1S/C17H16N2O3/c1-21-14-5-2-12(3-6-14)9-17(20)18-10-13-4-7-15-16(8-13)22-11-19-15/h2-8,11H,9-10H2,1H3,(H,18,20). The van der Waals surface area contributed by atoms with Crippen molar-refractivity contribution < 1.29 is 13.9 Å². The summed E-state index contributed by atoms with van der Waals surface area (Å²) in [5.74, 6) is 0.757. The number of rotatable bonds is 5. The van der Waals surface area contributed by atoms with E-state index in [1.54, 1.807) is 7.11 Å². The van der Waals surface area contributed by atoms with Gasteiger partial charge in [-0.1, -0.05) is 18.2 Å². The first-order chi connectivity index (χ1) is 10.7. The van der Waals surface area contributed by atoms with Crippen molar-refractivity contribution in [3.8, 4) is 5.75 Å². The van der Waals surface area contributed by atoms with E-state index in [4.69, 9.17) is 9.15 Å². The maximum Gasteiger partial charge on any atom is 0.224 e. The molecule has 0 saturated carbocycles. The first-order valence-electron chi connectivity index (χ1n) is 6.96. The molecule has 22 heavy (non-hydrogen) atoms. The Morgan fingerprint density at radius 2 is 1.95 bits per heavy atom. The molecule has 0 fully saturated rings. The highest BCUT2D eigenvalue weighted by atomic mass is 16.5. The quantitative estimate of drug-likeness (QED) is 0.786. The Kier molecular flexibility index (Phi) is 4.05.